The standard InChI is InChI=1S/C18H21F2NO3/c1-12(21-11-14-9-15(19)4-5-16(14)20)13-3-6-17(24-8-7-22)18(10-13)23-2/h3-6,9-10,12,21-22H,7-8,11H2,1-2H3. The molecule has 0 aliphatic rings. The SMILES string of the molecule is COc1cc(C(C)NCc2cc(F)ccc2F)ccc1OCCO. The van der Waals surface area contributed by atoms with E-state index in [0.717, 1.165) is 17.7 Å². The van der Waals surface area contributed by atoms with E-state index in [1.165, 1.54) is 13.2 Å². The third-order valence-electron chi connectivity index (χ3n) is 3.64. The molecule has 2 aromatic rings. The average molecular weight is 337 g/mol. The average Bonchev–Trinajstić information content (AvgIpc) is 2.60. The largest absolute Gasteiger partial charge is 0.493 e. The Morgan fingerprint density at radius 2 is 1.92 bits per heavy atom. The Labute approximate surface area is 140 Å². The molecule has 0 fully saturated rings. The van der Waals surface area contributed by atoms with Crippen LogP contribution in [0.3, 0.4) is 0 Å². The number of methoxy groups -OCH3 is 1. The molecule has 0 saturated carbocycles. The van der Waals surface area contributed by atoms with Crippen LogP contribution in [0.4, 0.5) is 8.78 Å². The topological polar surface area (TPSA) is 50.7 Å². The van der Waals surface area contributed by atoms with Crippen molar-refractivity contribution in [3.8, 4) is 11.5 Å². The summed E-state index contributed by atoms with van der Waals surface area (Å²) in [6.07, 6.45) is 0. The van der Waals surface area contributed by atoms with Crippen molar-refractivity contribution in [2.45, 2.75) is 19.5 Å². The molecule has 6 heteroatoms. The van der Waals surface area contributed by atoms with Crippen molar-refractivity contribution in [1.82, 2.24) is 5.32 Å². The number of aliphatic hydroxyl groups is 1. The van der Waals surface area contributed by atoms with Crippen molar-refractivity contribution in [1.29, 1.82) is 0 Å². The van der Waals surface area contributed by atoms with Crippen LogP contribution >= 0.6 is 0 Å². The fraction of sp³-hybridized carbons (Fsp3) is 0.333. The number of ether oxygens (including phenoxy) is 2. The van der Waals surface area contributed by atoms with Crippen LogP contribution in [0, 0.1) is 11.6 Å². The normalized spacial score (nSPS) is 12.0. The summed E-state index contributed by atoms with van der Waals surface area (Å²) in [4.78, 5) is 0. The number of rotatable bonds is 8. The smallest absolute Gasteiger partial charge is 0.161 e. The second kappa shape index (κ2) is 8.61. The molecule has 24 heavy (non-hydrogen) atoms. The highest BCUT2D eigenvalue weighted by atomic mass is 19.1. The number of benzene rings is 2. The maximum Gasteiger partial charge on any atom is 0.161 e. The molecule has 0 aromatic heterocycles. The fourth-order valence-electron chi connectivity index (χ4n) is 2.29. The summed E-state index contributed by atoms with van der Waals surface area (Å²) in [7, 11) is 1.53. The van der Waals surface area contributed by atoms with Crippen LogP contribution in [0.2, 0.25) is 0 Å². The fourth-order valence-corrected chi connectivity index (χ4v) is 2.29. The second-order valence-corrected chi connectivity index (χ2v) is 5.32. The van der Waals surface area contributed by atoms with E-state index in [9.17, 15) is 8.78 Å². The summed E-state index contributed by atoms with van der Waals surface area (Å²) in [5.74, 6) is 0.180. The van der Waals surface area contributed by atoms with Gasteiger partial charge in [-0.1, -0.05) is 6.07 Å². The third-order valence-corrected chi connectivity index (χ3v) is 3.64. The first-order chi connectivity index (χ1) is 11.5. The van der Waals surface area contributed by atoms with E-state index < -0.39 is 11.6 Å². The summed E-state index contributed by atoms with van der Waals surface area (Å²) >= 11 is 0. The minimum atomic E-state index is -0.465. The molecule has 2 rings (SSSR count). The number of aliphatic hydroxyl groups excluding tert-OH is 1. The van der Waals surface area contributed by atoms with E-state index in [2.05, 4.69) is 5.32 Å². The lowest BCUT2D eigenvalue weighted by Gasteiger charge is -2.17. The highest BCUT2D eigenvalue weighted by molar-refractivity contribution is 5.43. The monoisotopic (exact) mass is 337 g/mol. The minimum absolute atomic E-state index is 0.0813. The Kier molecular flexibility index (Phi) is 6.52. The maximum atomic E-state index is 13.6. The predicted octanol–water partition coefficient (Wildman–Crippen LogP) is 3.20. The van der Waals surface area contributed by atoms with Gasteiger partial charge in [0.25, 0.3) is 0 Å². The lowest BCUT2D eigenvalue weighted by atomic mass is 10.1. The van der Waals surface area contributed by atoms with Crippen molar-refractivity contribution in [3.05, 3.63) is 59.2 Å². The van der Waals surface area contributed by atoms with Gasteiger partial charge in [0, 0.05) is 18.2 Å². The lowest BCUT2D eigenvalue weighted by molar-refractivity contribution is 0.196. The highest BCUT2D eigenvalue weighted by Gasteiger charge is 2.12. The van der Waals surface area contributed by atoms with Gasteiger partial charge in [-0.3, -0.25) is 0 Å². The van der Waals surface area contributed by atoms with Crippen LogP contribution in [0.5, 0.6) is 11.5 Å². The number of hydrogen-bond acceptors (Lipinski definition) is 4. The van der Waals surface area contributed by atoms with Crippen molar-refractivity contribution >= 4 is 0 Å². The molecule has 0 bridgehead atoms. The van der Waals surface area contributed by atoms with Gasteiger partial charge >= 0.3 is 0 Å². The molecule has 0 radical (unpaired) electrons. The molecule has 0 aliphatic carbocycles. The molecule has 0 amide bonds. The molecule has 0 heterocycles. The molecule has 4 nitrogen and oxygen atoms in total. The number of halogens is 2. The first-order valence-electron chi connectivity index (χ1n) is 7.64. The van der Waals surface area contributed by atoms with Crippen molar-refractivity contribution in [3.63, 3.8) is 0 Å². The summed E-state index contributed by atoms with van der Waals surface area (Å²) in [6.45, 7) is 2.22. The van der Waals surface area contributed by atoms with E-state index in [-0.39, 0.29) is 31.4 Å². The van der Waals surface area contributed by atoms with Gasteiger partial charge in [0.15, 0.2) is 11.5 Å². The van der Waals surface area contributed by atoms with Crippen LogP contribution in [-0.2, 0) is 6.54 Å². The molecule has 2 aromatic carbocycles. The van der Waals surface area contributed by atoms with Gasteiger partial charge in [-0.25, -0.2) is 8.78 Å². The summed E-state index contributed by atoms with van der Waals surface area (Å²) in [5.41, 5.74) is 1.19. The van der Waals surface area contributed by atoms with E-state index in [0.29, 0.717) is 11.5 Å². The second-order valence-electron chi connectivity index (χ2n) is 5.32. The summed E-state index contributed by atoms with van der Waals surface area (Å²) in [6, 6.07) is 8.72. The Balaban J connectivity index is 2.06. The Morgan fingerprint density at radius 3 is 2.62 bits per heavy atom. The van der Waals surface area contributed by atoms with Crippen LogP contribution < -0.4 is 14.8 Å². The van der Waals surface area contributed by atoms with Gasteiger partial charge in [-0.05, 0) is 42.8 Å². The molecule has 0 aliphatic heterocycles. The van der Waals surface area contributed by atoms with Crippen LogP contribution in [0.15, 0.2) is 36.4 Å². The molecule has 0 spiro atoms. The summed E-state index contributed by atoms with van der Waals surface area (Å²) < 4.78 is 37.5. The third kappa shape index (κ3) is 4.66. The van der Waals surface area contributed by atoms with E-state index in [4.69, 9.17) is 14.6 Å². The predicted molar refractivity (Wildman–Crippen MR) is 87.2 cm³/mol. The molecule has 0 saturated heterocycles. The van der Waals surface area contributed by atoms with Gasteiger partial charge in [0.1, 0.15) is 18.2 Å². The Morgan fingerprint density at radius 1 is 1.12 bits per heavy atom. The van der Waals surface area contributed by atoms with Crippen LogP contribution in [0.1, 0.15) is 24.1 Å². The maximum absolute atomic E-state index is 13.6. The van der Waals surface area contributed by atoms with Crippen molar-refractivity contribution < 1.29 is 23.4 Å². The van der Waals surface area contributed by atoms with Crippen LogP contribution in [0.25, 0.3) is 0 Å². The number of nitrogens with one attached hydrogen (secondary N) is 1. The van der Waals surface area contributed by atoms with Crippen molar-refractivity contribution in [2.24, 2.45) is 0 Å². The van der Waals surface area contributed by atoms with Gasteiger partial charge < -0.3 is 19.9 Å². The first-order valence-corrected chi connectivity index (χ1v) is 7.64. The molecular weight excluding hydrogens is 316 g/mol. The van der Waals surface area contributed by atoms with Crippen LogP contribution in [-0.4, -0.2) is 25.4 Å². The number of hydrogen-bond donors (Lipinski definition) is 2. The Hall–Kier alpha value is -2.18. The van der Waals surface area contributed by atoms with E-state index in [1.54, 1.807) is 6.07 Å². The minimum Gasteiger partial charge on any atom is -0.493 e. The zero-order chi connectivity index (χ0) is 17.5. The molecule has 1 unspecified atom stereocenters. The zero-order valence-electron chi connectivity index (χ0n) is 13.7. The molecular formula is C18H21F2NO3. The first kappa shape index (κ1) is 18.2. The molecule has 130 valence electrons. The molecule has 1 atom stereocenters. The van der Waals surface area contributed by atoms with E-state index in [1.807, 2.05) is 19.1 Å². The van der Waals surface area contributed by atoms with Gasteiger partial charge in [-0.15, -0.1) is 0 Å². The quantitative estimate of drug-likeness (QED) is 0.777. The zero-order valence-corrected chi connectivity index (χ0v) is 13.7. The molecule has 2 N–H and O–H groups in total. The van der Waals surface area contributed by atoms with E-state index >= 15 is 0 Å². The van der Waals surface area contributed by atoms with Crippen molar-refractivity contribution in [2.75, 3.05) is 20.3 Å². The van der Waals surface area contributed by atoms with Gasteiger partial charge in [-0.2, -0.15) is 0 Å². The lowest BCUT2D eigenvalue weighted by Crippen LogP contribution is -2.19. The van der Waals surface area contributed by atoms with Gasteiger partial charge in [0.2, 0.25) is 0 Å². The summed E-state index contributed by atoms with van der Waals surface area (Å²) in [5, 5.41) is 12.0. The van der Waals surface area contributed by atoms with Gasteiger partial charge in [0.05, 0.1) is 13.7 Å². The highest BCUT2D eigenvalue weighted by Crippen LogP contribution is 2.30. The Bertz CT molecular complexity index is 679.